The van der Waals surface area contributed by atoms with Crippen molar-refractivity contribution in [2.75, 3.05) is 36.0 Å². The third-order valence-corrected chi connectivity index (χ3v) is 3.77. The SMILES string of the molecule is Oc1cccc(N2CCN(c3c(F)c(F)nc(F)c3F)CC2)c1. The third-order valence-electron chi connectivity index (χ3n) is 3.77. The highest BCUT2D eigenvalue weighted by Gasteiger charge is 2.28. The molecule has 3 rings (SSSR count). The number of hydrogen-bond acceptors (Lipinski definition) is 4. The topological polar surface area (TPSA) is 39.6 Å². The summed E-state index contributed by atoms with van der Waals surface area (Å²) in [6.45, 7) is 1.11. The fraction of sp³-hybridized carbons (Fsp3) is 0.267. The van der Waals surface area contributed by atoms with Crippen molar-refractivity contribution in [3.05, 3.63) is 47.8 Å². The Morgan fingerprint density at radius 3 is 2.00 bits per heavy atom. The first kappa shape index (κ1) is 15.4. The number of anilines is 2. The van der Waals surface area contributed by atoms with Crippen LogP contribution in [-0.2, 0) is 0 Å². The van der Waals surface area contributed by atoms with Gasteiger partial charge in [0.1, 0.15) is 11.4 Å². The van der Waals surface area contributed by atoms with Gasteiger partial charge in [0.15, 0.2) is 0 Å². The smallest absolute Gasteiger partial charge is 0.253 e. The summed E-state index contributed by atoms with van der Waals surface area (Å²) in [4.78, 5) is 5.70. The standard InChI is InChI=1S/C15H13F4N3O/c16-11-13(12(17)15(19)20-14(11)18)22-6-4-21(5-7-22)9-2-1-3-10(23)8-9/h1-3,8,23H,4-7H2. The average molecular weight is 327 g/mol. The second kappa shape index (κ2) is 5.94. The summed E-state index contributed by atoms with van der Waals surface area (Å²) in [5.74, 6) is -6.19. The van der Waals surface area contributed by atoms with E-state index in [1.165, 1.54) is 11.0 Å². The molecule has 1 fully saturated rings. The van der Waals surface area contributed by atoms with Crippen LogP contribution in [0.4, 0.5) is 28.9 Å². The van der Waals surface area contributed by atoms with Crippen LogP contribution in [0.2, 0.25) is 0 Å². The number of phenols is 1. The fourth-order valence-corrected chi connectivity index (χ4v) is 2.63. The van der Waals surface area contributed by atoms with Crippen molar-refractivity contribution in [1.82, 2.24) is 4.98 Å². The molecule has 122 valence electrons. The summed E-state index contributed by atoms with van der Waals surface area (Å²) in [6, 6.07) is 6.59. The van der Waals surface area contributed by atoms with Crippen LogP contribution in [0, 0.1) is 23.5 Å². The van der Waals surface area contributed by atoms with Crippen molar-refractivity contribution in [2.24, 2.45) is 0 Å². The first-order valence-electron chi connectivity index (χ1n) is 6.96. The van der Waals surface area contributed by atoms with Gasteiger partial charge in [-0.1, -0.05) is 6.07 Å². The molecule has 0 amide bonds. The Morgan fingerprint density at radius 2 is 1.43 bits per heavy atom. The molecule has 4 nitrogen and oxygen atoms in total. The summed E-state index contributed by atoms with van der Waals surface area (Å²) < 4.78 is 53.9. The van der Waals surface area contributed by atoms with Crippen molar-refractivity contribution in [1.29, 1.82) is 0 Å². The lowest BCUT2D eigenvalue weighted by atomic mass is 10.2. The van der Waals surface area contributed by atoms with Gasteiger partial charge in [0.05, 0.1) is 0 Å². The number of phenolic OH excluding ortho intramolecular Hbond substituents is 1. The lowest BCUT2D eigenvalue weighted by Crippen LogP contribution is -2.47. The molecular formula is C15H13F4N3O. The van der Waals surface area contributed by atoms with Gasteiger partial charge in [0.2, 0.25) is 11.6 Å². The van der Waals surface area contributed by atoms with E-state index in [0.29, 0.717) is 13.1 Å². The maximum atomic E-state index is 13.8. The predicted molar refractivity (Wildman–Crippen MR) is 76.6 cm³/mol. The number of pyridine rings is 1. The second-order valence-corrected chi connectivity index (χ2v) is 5.16. The Kier molecular flexibility index (Phi) is 3.97. The molecule has 1 aromatic heterocycles. The number of piperazine rings is 1. The molecule has 1 N–H and O–H groups in total. The largest absolute Gasteiger partial charge is 0.508 e. The van der Waals surface area contributed by atoms with E-state index < -0.39 is 29.2 Å². The highest BCUT2D eigenvalue weighted by molar-refractivity contribution is 5.54. The molecule has 1 aliphatic rings. The van der Waals surface area contributed by atoms with Gasteiger partial charge in [-0.15, -0.1) is 0 Å². The van der Waals surface area contributed by atoms with Crippen LogP contribution < -0.4 is 9.80 Å². The van der Waals surface area contributed by atoms with Crippen LogP contribution in [0.15, 0.2) is 24.3 Å². The zero-order chi connectivity index (χ0) is 16.6. The number of benzene rings is 1. The molecule has 1 aromatic carbocycles. The lowest BCUT2D eigenvalue weighted by Gasteiger charge is -2.37. The minimum atomic E-state index is -1.66. The van der Waals surface area contributed by atoms with Crippen LogP contribution in [0.1, 0.15) is 0 Å². The van der Waals surface area contributed by atoms with Gasteiger partial charge in [-0.25, -0.2) is 0 Å². The second-order valence-electron chi connectivity index (χ2n) is 5.16. The summed E-state index contributed by atoms with van der Waals surface area (Å²) in [5.41, 5.74) is 0.0308. The highest BCUT2D eigenvalue weighted by atomic mass is 19.2. The zero-order valence-electron chi connectivity index (χ0n) is 11.9. The molecule has 0 atom stereocenters. The van der Waals surface area contributed by atoms with E-state index >= 15 is 0 Å². The number of halogens is 4. The molecule has 2 heterocycles. The van der Waals surface area contributed by atoms with Crippen LogP contribution in [0.5, 0.6) is 5.75 Å². The molecule has 1 saturated heterocycles. The Balaban J connectivity index is 1.80. The number of aromatic hydroxyl groups is 1. The maximum Gasteiger partial charge on any atom is 0.253 e. The summed E-state index contributed by atoms with van der Waals surface area (Å²) >= 11 is 0. The molecule has 0 spiro atoms. The highest BCUT2D eigenvalue weighted by Crippen LogP contribution is 2.28. The maximum absolute atomic E-state index is 13.8. The third kappa shape index (κ3) is 2.88. The molecule has 2 aromatic rings. The normalized spacial score (nSPS) is 15.1. The molecule has 23 heavy (non-hydrogen) atoms. The fourth-order valence-electron chi connectivity index (χ4n) is 2.63. The van der Waals surface area contributed by atoms with E-state index in [0.717, 1.165) is 5.69 Å². The van der Waals surface area contributed by atoms with E-state index in [1.807, 2.05) is 4.90 Å². The van der Waals surface area contributed by atoms with Crippen LogP contribution in [0.25, 0.3) is 0 Å². The lowest BCUT2D eigenvalue weighted by molar-refractivity contribution is 0.404. The van der Waals surface area contributed by atoms with Gasteiger partial charge in [-0.05, 0) is 12.1 Å². The Bertz CT molecular complexity index is 707. The molecular weight excluding hydrogens is 314 g/mol. The van der Waals surface area contributed by atoms with Gasteiger partial charge >= 0.3 is 0 Å². The van der Waals surface area contributed by atoms with E-state index in [2.05, 4.69) is 4.98 Å². The van der Waals surface area contributed by atoms with Gasteiger partial charge in [0.25, 0.3) is 11.9 Å². The number of hydrogen-bond donors (Lipinski definition) is 1. The van der Waals surface area contributed by atoms with E-state index in [1.54, 1.807) is 18.2 Å². The van der Waals surface area contributed by atoms with Crippen molar-refractivity contribution < 1.29 is 22.7 Å². The van der Waals surface area contributed by atoms with Gasteiger partial charge in [-0.3, -0.25) is 0 Å². The van der Waals surface area contributed by atoms with E-state index in [-0.39, 0.29) is 18.8 Å². The minimum Gasteiger partial charge on any atom is -0.508 e. The molecule has 0 unspecified atom stereocenters. The molecule has 0 bridgehead atoms. The van der Waals surface area contributed by atoms with Crippen molar-refractivity contribution in [2.45, 2.75) is 0 Å². The number of nitrogens with zero attached hydrogens (tertiary/aromatic N) is 3. The van der Waals surface area contributed by atoms with Crippen molar-refractivity contribution in [3.63, 3.8) is 0 Å². The minimum absolute atomic E-state index is 0.111. The Hall–Kier alpha value is -2.51. The summed E-state index contributed by atoms with van der Waals surface area (Å²) in [5, 5.41) is 9.48. The van der Waals surface area contributed by atoms with Crippen molar-refractivity contribution >= 4 is 11.4 Å². The summed E-state index contributed by atoms with van der Waals surface area (Å²) in [7, 11) is 0. The number of aromatic nitrogens is 1. The van der Waals surface area contributed by atoms with Crippen LogP contribution in [-0.4, -0.2) is 36.3 Å². The first-order chi connectivity index (χ1) is 11.0. The van der Waals surface area contributed by atoms with Gasteiger partial charge in [0, 0.05) is 37.9 Å². The monoisotopic (exact) mass is 327 g/mol. The summed E-state index contributed by atoms with van der Waals surface area (Å²) in [6.07, 6.45) is 0. The van der Waals surface area contributed by atoms with Crippen LogP contribution >= 0.6 is 0 Å². The quantitative estimate of drug-likeness (QED) is 0.680. The molecule has 0 radical (unpaired) electrons. The molecule has 1 aliphatic heterocycles. The Labute approximate surface area is 129 Å². The molecule has 8 heteroatoms. The molecule has 0 aliphatic carbocycles. The van der Waals surface area contributed by atoms with E-state index in [4.69, 9.17) is 0 Å². The van der Waals surface area contributed by atoms with Crippen molar-refractivity contribution in [3.8, 4) is 5.75 Å². The zero-order valence-corrected chi connectivity index (χ0v) is 11.9. The Morgan fingerprint density at radius 1 is 0.870 bits per heavy atom. The van der Waals surface area contributed by atoms with Crippen LogP contribution in [0.3, 0.4) is 0 Å². The molecule has 0 saturated carbocycles. The van der Waals surface area contributed by atoms with Gasteiger partial charge < -0.3 is 14.9 Å². The number of rotatable bonds is 2. The van der Waals surface area contributed by atoms with Gasteiger partial charge in [-0.2, -0.15) is 22.5 Å². The predicted octanol–water partition coefficient (Wildman–Crippen LogP) is 2.67. The van der Waals surface area contributed by atoms with E-state index in [9.17, 15) is 22.7 Å². The first-order valence-corrected chi connectivity index (χ1v) is 6.96. The average Bonchev–Trinajstić information content (AvgIpc) is 2.54.